The maximum Gasteiger partial charge on any atom is 0.212 e. The Morgan fingerprint density at radius 1 is 1.35 bits per heavy atom. The Balaban J connectivity index is 1.63. The summed E-state index contributed by atoms with van der Waals surface area (Å²) in [7, 11) is 1.64. The molecule has 94 valence electrons. The third-order valence-corrected chi connectivity index (χ3v) is 3.54. The van der Waals surface area contributed by atoms with Gasteiger partial charge in [0.05, 0.1) is 7.11 Å². The number of ether oxygens (including phenoxy) is 1. The van der Waals surface area contributed by atoms with Crippen molar-refractivity contribution in [3.63, 3.8) is 0 Å². The molecule has 1 aliphatic carbocycles. The van der Waals surface area contributed by atoms with Gasteiger partial charge in [-0.25, -0.2) is 4.98 Å². The van der Waals surface area contributed by atoms with E-state index in [0.717, 1.165) is 19.0 Å². The molecule has 0 spiro atoms. The number of hydrogen-bond donors (Lipinski definition) is 1. The number of rotatable bonds is 6. The molecule has 3 nitrogen and oxygen atoms in total. The summed E-state index contributed by atoms with van der Waals surface area (Å²) in [6, 6.07) is 3.97. The standard InChI is InChI=1S/C14H22N2O/c1-17-14-7-6-13(11-16-14)10-15-9-8-12-4-2-3-5-12/h6-7,11-12,15H,2-5,8-10H2,1H3. The van der Waals surface area contributed by atoms with Gasteiger partial charge in [0.2, 0.25) is 5.88 Å². The summed E-state index contributed by atoms with van der Waals surface area (Å²) in [6.07, 6.45) is 8.95. The van der Waals surface area contributed by atoms with Crippen LogP contribution in [0.15, 0.2) is 18.3 Å². The van der Waals surface area contributed by atoms with E-state index in [-0.39, 0.29) is 0 Å². The third-order valence-electron chi connectivity index (χ3n) is 3.54. The molecule has 1 N–H and O–H groups in total. The van der Waals surface area contributed by atoms with Crippen molar-refractivity contribution >= 4 is 0 Å². The van der Waals surface area contributed by atoms with Crippen LogP contribution in [0.2, 0.25) is 0 Å². The molecule has 3 heteroatoms. The quantitative estimate of drug-likeness (QED) is 0.768. The Bertz CT molecular complexity index is 317. The summed E-state index contributed by atoms with van der Waals surface area (Å²) in [5, 5.41) is 3.49. The van der Waals surface area contributed by atoms with Crippen LogP contribution in [0.1, 0.15) is 37.7 Å². The minimum absolute atomic E-state index is 0.680. The Labute approximate surface area is 104 Å². The first kappa shape index (κ1) is 12.4. The highest BCUT2D eigenvalue weighted by atomic mass is 16.5. The van der Waals surface area contributed by atoms with Gasteiger partial charge in [0.25, 0.3) is 0 Å². The molecule has 1 fully saturated rings. The van der Waals surface area contributed by atoms with Crippen molar-refractivity contribution in [2.45, 2.75) is 38.6 Å². The van der Waals surface area contributed by atoms with Crippen molar-refractivity contribution in [3.05, 3.63) is 23.9 Å². The molecule has 0 saturated heterocycles. The Kier molecular flexibility index (Phi) is 4.80. The lowest BCUT2D eigenvalue weighted by molar-refractivity contribution is 0.397. The number of nitrogens with zero attached hydrogens (tertiary/aromatic N) is 1. The molecule has 0 unspecified atom stereocenters. The second kappa shape index (κ2) is 6.60. The van der Waals surface area contributed by atoms with Gasteiger partial charge in [0, 0.05) is 18.8 Å². The largest absolute Gasteiger partial charge is 0.481 e. The molecule has 0 aromatic carbocycles. The van der Waals surface area contributed by atoms with Crippen molar-refractivity contribution < 1.29 is 4.74 Å². The van der Waals surface area contributed by atoms with E-state index in [1.807, 2.05) is 12.3 Å². The molecular weight excluding hydrogens is 212 g/mol. The van der Waals surface area contributed by atoms with Crippen LogP contribution < -0.4 is 10.1 Å². The molecule has 1 saturated carbocycles. The molecule has 2 rings (SSSR count). The van der Waals surface area contributed by atoms with Crippen LogP contribution in [-0.2, 0) is 6.54 Å². The number of hydrogen-bond acceptors (Lipinski definition) is 3. The average Bonchev–Trinajstić information content (AvgIpc) is 2.88. The zero-order valence-corrected chi connectivity index (χ0v) is 10.6. The van der Waals surface area contributed by atoms with E-state index in [4.69, 9.17) is 4.74 Å². The van der Waals surface area contributed by atoms with Crippen LogP contribution in [0, 0.1) is 5.92 Å². The van der Waals surface area contributed by atoms with Crippen LogP contribution in [0.25, 0.3) is 0 Å². The minimum Gasteiger partial charge on any atom is -0.481 e. The van der Waals surface area contributed by atoms with Crippen molar-refractivity contribution in [2.24, 2.45) is 5.92 Å². The highest BCUT2D eigenvalue weighted by Crippen LogP contribution is 2.26. The SMILES string of the molecule is COc1ccc(CNCCC2CCCC2)cn1. The van der Waals surface area contributed by atoms with E-state index in [1.165, 1.54) is 37.7 Å². The van der Waals surface area contributed by atoms with Gasteiger partial charge in [0.15, 0.2) is 0 Å². The summed E-state index contributed by atoms with van der Waals surface area (Å²) >= 11 is 0. The van der Waals surface area contributed by atoms with E-state index < -0.39 is 0 Å². The molecule has 1 heterocycles. The fraction of sp³-hybridized carbons (Fsp3) is 0.643. The Morgan fingerprint density at radius 2 is 2.18 bits per heavy atom. The van der Waals surface area contributed by atoms with Gasteiger partial charge in [0.1, 0.15) is 0 Å². The average molecular weight is 234 g/mol. The fourth-order valence-electron chi connectivity index (χ4n) is 2.47. The van der Waals surface area contributed by atoms with Crippen LogP contribution >= 0.6 is 0 Å². The van der Waals surface area contributed by atoms with Crippen LogP contribution in [-0.4, -0.2) is 18.6 Å². The minimum atomic E-state index is 0.680. The third kappa shape index (κ3) is 4.00. The van der Waals surface area contributed by atoms with E-state index in [0.29, 0.717) is 5.88 Å². The normalized spacial score (nSPS) is 16.3. The van der Waals surface area contributed by atoms with E-state index >= 15 is 0 Å². The highest BCUT2D eigenvalue weighted by molar-refractivity contribution is 5.17. The molecule has 1 aliphatic rings. The van der Waals surface area contributed by atoms with E-state index in [2.05, 4.69) is 16.4 Å². The van der Waals surface area contributed by atoms with Crippen molar-refractivity contribution in [3.8, 4) is 5.88 Å². The summed E-state index contributed by atoms with van der Waals surface area (Å²) in [5.41, 5.74) is 1.22. The van der Waals surface area contributed by atoms with Crippen molar-refractivity contribution in [2.75, 3.05) is 13.7 Å². The number of nitrogens with one attached hydrogen (secondary N) is 1. The van der Waals surface area contributed by atoms with Crippen LogP contribution in [0.4, 0.5) is 0 Å². The predicted octanol–water partition coefficient (Wildman–Crippen LogP) is 2.76. The first-order valence-corrected chi connectivity index (χ1v) is 6.58. The van der Waals surface area contributed by atoms with Gasteiger partial charge in [-0.3, -0.25) is 0 Å². The molecular formula is C14H22N2O. The number of aromatic nitrogens is 1. The molecule has 17 heavy (non-hydrogen) atoms. The first-order chi connectivity index (χ1) is 8.38. The summed E-state index contributed by atoms with van der Waals surface area (Å²) < 4.78 is 5.03. The zero-order valence-electron chi connectivity index (χ0n) is 10.6. The topological polar surface area (TPSA) is 34.1 Å². The zero-order chi connectivity index (χ0) is 11.9. The first-order valence-electron chi connectivity index (χ1n) is 6.58. The van der Waals surface area contributed by atoms with Crippen molar-refractivity contribution in [1.82, 2.24) is 10.3 Å². The van der Waals surface area contributed by atoms with Crippen LogP contribution in [0.5, 0.6) is 5.88 Å². The van der Waals surface area contributed by atoms with Gasteiger partial charge in [-0.05, 0) is 24.4 Å². The van der Waals surface area contributed by atoms with Gasteiger partial charge < -0.3 is 10.1 Å². The van der Waals surface area contributed by atoms with Gasteiger partial charge in [-0.1, -0.05) is 31.7 Å². The lowest BCUT2D eigenvalue weighted by Gasteiger charge is -2.09. The molecule has 0 radical (unpaired) electrons. The number of methoxy groups -OCH3 is 1. The highest BCUT2D eigenvalue weighted by Gasteiger charge is 2.13. The van der Waals surface area contributed by atoms with Crippen LogP contribution in [0.3, 0.4) is 0 Å². The maximum absolute atomic E-state index is 5.03. The lowest BCUT2D eigenvalue weighted by Crippen LogP contribution is -2.17. The molecule has 0 atom stereocenters. The number of pyridine rings is 1. The molecule has 0 bridgehead atoms. The fourth-order valence-corrected chi connectivity index (χ4v) is 2.47. The molecule has 1 aromatic rings. The lowest BCUT2D eigenvalue weighted by atomic mass is 10.0. The van der Waals surface area contributed by atoms with E-state index in [9.17, 15) is 0 Å². The Hall–Kier alpha value is -1.09. The second-order valence-electron chi connectivity index (χ2n) is 4.82. The van der Waals surface area contributed by atoms with Crippen molar-refractivity contribution in [1.29, 1.82) is 0 Å². The summed E-state index contributed by atoms with van der Waals surface area (Å²) in [6.45, 7) is 2.03. The summed E-state index contributed by atoms with van der Waals surface area (Å²) in [5.74, 6) is 1.65. The second-order valence-corrected chi connectivity index (χ2v) is 4.82. The Morgan fingerprint density at radius 3 is 2.82 bits per heavy atom. The van der Waals surface area contributed by atoms with Gasteiger partial charge in [-0.15, -0.1) is 0 Å². The van der Waals surface area contributed by atoms with E-state index in [1.54, 1.807) is 7.11 Å². The molecule has 1 aromatic heterocycles. The smallest absolute Gasteiger partial charge is 0.212 e. The monoisotopic (exact) mass is 234 g/mol. The maximum atomic E-state index is 5.03. The van der Waals surface area contributed by atoms with Gasteiger partial charge in [-0.2, -0.15) is 0 Å². The summed E-state index contributed by atoms with van der Waals surface area (Å²) in [4.78, 5) is 4.19. The molecule has 0 amide bonds. The predicted molar refractivity (Wildman–Crippen MR) is 69.1 cm³/mol. The molecule has 0 aliphatic heterocycles. The van der Waals surface area contributed by atoms with Gasteiger partial charge >= 0.3 is 0 Å².